The van der Waals surface area contributed by atoms with Gasteiger partial charge in [-0.2, -0.15) is 4.31 Å². The standard InChI is InChI=1S/C29H34FNO2S/c1-3-4-11-20-28(30)21-29(25-12-7-5-8-13-25,26-14-9-6-10-15-26)23-31(22-28)34(32,33)27-18-16-24(2)17-19-27/h5-10,12-19H,3-4,11,20-23H2,1-2H3. The summed E-state index contributed by atoms with van der Waals surface area (Å²) in [5.41, 5.74) is 0.473. The van der Waals surface area contributed by atoms with Crippen LogP contribution >= 0.6 is 0 Å². The third kappa shape index (κ3) is 4.96. The molecule has 4 rings (SSSR count). The number of unbranched alkanes of at least 4 members (excludes halogenated alkanes) is 2. The minimum absolute atomic E-state index is 0.117. The van der Waals surface area contributed by atoms with Crippen LogP contribution in [0.25, 0.3) is 0 Å². The highest BCUT2D eigenvalue weighted by Crippen LogP contribution is 2.48. The number of alkyl halides is 1. The summed E-state index contributed by atoms with van der Waals surface area (Å²) in [4.78, 5) is 0.214. The number of halogens is 1. The van der Waals surface area contributed by atoms with E-state index in [1.807, 2.05) is 67.6 Å². The molecule has 0 N–H and O–H groups in total. The predicted molar refractivity (Wildman–Crippen MR) is 136 cm³/mol. The molecule has 1 aliphatic heterocycles. The maximum atomic E-state index is 16.8. The molecule has 34 heavy (non-hydrogen) atoms. The molecule has 0 aliphatic carbocycles. The lowest BCUT2D eigenvalue weighted by molar-refractivity contribution is 0.0372. The number of rotatable bonds is 8. The lowest BCUT2D eigenvalue weighted by Gasteiger charge is -2.49. The molecule has 1 fully saturated rings. The monoisotopic (exact) mass is 479 g/mol. The maximum absolute atomic E-state index is 16.8. The van der Waals surface area contributed by atoms with Crippen LogP contribution in [0.15, 0.2) is 89.8 Å². The van der Waals surface area contributed by atoms with Crippen molar-refractivity contribution in [1.82, 2.24) is 4.31 Å². The third-order valence-corrected chi connectivity index (χ3v) is 8.87. The molecule has 3 nitrogen and oxygen atoms in total. The Morgan fingerprint density at radius 2 is 1.38 bits per heavy atom. The Labute approximate surface area is 203 Å². The topological polar surface area (TPSA) is 37.4 Å². The molecule has 1 heterocycles. The van der Waals surface area contributed by atoms with Crippen LogP contribution in [0.1, 0.15) is 55.7 Å². The van der Waals surface area contributed by atoms with Crippen molar-refractivity contribution in [1.29, 1.82) is 0 Å². The Morgan fingerprint density at radius 1 is 0.824 bits per heavy atom. The Bertz CT molecular complexity index is 1140. The van der Waals surface area contributed by atoms with Gasteiger partial charge in [0.05, 0.1) is 4.90 Å². The number of hydrogen-bond acceptors (Lipinski definition) is 2. The quantitative estimate of drug-likeness (QED) is 0.339. The van der Waals surface area contributed by atoms with E-state index in [4.69, 9.17) is 0 Å². The number of hydrogen-bond donors (Lipinski definition) is 0. The summed E-state index contributed by atoms with van der Waals surface area (Å²) < 4.78 is 45.9. The molecule has 0 saturated carbocycles. The summed E-state index contributed by atoms with van der Waals surface area (Å²) in [6.45, 7) is 4.11. The molecule has 0 spiro atoms. The Morgan fingerprint density at radius 3 is 1.91 bits per heavy atom. The van der Waals surface area contributed by atoms with Gasteiger partial charge in [-0.3, -0.25) is 0 Å². The number of sulfonamides is 1. The minimum Gasteiger partial charge on any atom is -0.242 e. The second kappa shape index (κ2) is 10.0. The van der Waals surface area contributed by atoms with Gasteiger partial charge in [-0.1, -0.05) is 105 Å². The summed E-state index contributed by atoms with van der Waals surface area (Å²) in [5.74, 6) is 0. The average Bonchev–Trinajstić information content (AvgIpc) is 2.85. The van der Waals surface area contributed by atoms with E-state index < -0.39 is 21.1 Å². The highest BCUT2D eigenvalue weighted by atomic mass is 32.2. The van der Waals surface area contributed by atoms with E-state index >= 15 is 4.39 Å². The molecule has 1 unspecified atom stereocenters. The van der Waals surface area contributed by atoms with E-state index in [1.54, 1.807) is 24.3 Å². The van der Waals surface area contributed by atoms with Crippen molar-refractivity contribution in [2.75, 3.05) is 13.1 Å². The number of piperidine rings is 1. The first-order chi connectivity index (χ1) is 16.3. The lowest BCUT2D eigenvalue weighted by atomic mass is 9.65. The summed E-state index contributed by atoms with van der Waals surface area (Å²) in [6.07, 6.45) is 3.27. The van der Waals surface area contributed by atoms with E-state index in [0.717, 1.165) is 36.0 Å². The first-order valence-electron chi connectivity index (χ1n) is 12.2. The van der Waals surface area contributed by atoms with Crippen LogP contribution < -0.4 is 0 Å². The molecule has 1 saturated heterocycles. The van der Waals surface area contributed by atoms with Crippen molar-refractivity contribution in [2.45, 2.75) is 61.9 Å². The van der Waals surface area contributed by atoms with Gasteiger partial charge in [-0.05, 0) is 43.0 Å². The zero-order chi connectivity index (χ0) is 24.2. The van der Waals surface area contributed by atoms with E-state index in [2.05, 4.69) is 6.92 Å². The van der Waals surface area contributed by atoms with Crippen molar-refractivity contribution in [3.05, 3.63) is 102 Å². The second-order valence-corrected chi connectivity index (χ2v) is 11.6. The summed E-state index contributed by atoms with van der Waals surface area (Å²) in [7, 11) is -3.87. The second-order valence-electron chi connectivity index (χ2n) is 9.69. The van der Waals surface area contributed by atoms with Gasteiger partial charge < -0.3 is 0 Å². The molecule has 3 aromatic rings. The Kier molecular flexibility index (Phi) is 7.25. The molecule has 5 heteroatoms. The predicted octanol–water partition coefficient (Wildman–Crippen LogP) is 6.66. The van der Waals surface area contributed by atoms with Gasteiger partial charge in [0.1, 0.15) is 5.67 Å². The van der Waals surface area contributed by atoms with Crippen molar-refractivity contribution < 1.29 is 12.8 Å². The van der Waals surface area contributed by atoms with Crippen LogP contribution in [-0.2, 0) is 15.4 Å². The first kappa shape index (κ1) is 24.6. The fraction of sp³-hybridized carbons (Fsp3) is 0.379. The van der Waals surface area contributed by atoms with Gasteiger partial charge in [0.2, 0.25) is 10.0 Å². The minimum atomic E-state index is -3.87. The Hall–Kier alpha value is -2.50. The number of benzene rings is 3. The van der Waals surface area contributed by atoms with Crippen molar-refractivity contribution in [3.8, 4) is 0 Å². The highest BCUT2D eigenvalue weighted by molar-refractivity contribution is 7.89. The zero-order valence-electron chi connectivity index (χ0n) is 20.1. The van der Waals surface area contributed by atoms with Gasteiger partial charge >= 0.3 is 0 Å². The molecule has 0 aromatic heterocycles. The summed E-state index contributed by atoms with van der Waals surface area (Å²) in [6, 6.07) is 26.5. The molecular weight excluding hydrogens is 445 g/mol. The van der Waals surface area contributed by atoms with Crippen LogP contribution in [0.2, 0.25) is 0 Å². The van der Waals surface area contributed by atoms with E-state index in [9.17, 15) is 8.42 Å². The fourth-order valence-electron chi connectivity index (χ4n) is 5.28. The van der Waals surface area contributed by atoms with Crippen molar-refractivity contribution in [3.63, 3.8) is 0 Å². The normalized spacial score (nSPS) is 20.8. The highest BCUT2D eigenvalue weighted by Gasteiger charge is 2.52. The van der Waals surface area contributed by atoms with Gasteiger partial charge in [-0.15, -0.1) is 0 Å². The van der Waals surface area contributed by atoms with Gasteiger partial charge in [0, 0.05) is 18.5 Å². The smallest absolute Gasteiger partial charge is 0.242 e. The number of aryl methyl sites for hydroxylation is 1. The van der Waals surface area contributed by atoms with Crippen molar-refractivity contribution in [2.24, 2.45) is 0 Å². The molecule has 3 aromatic carbocycles. The van der Waals surface area contributed by atoms with Crippen LogP contribution in [0.4, 0.5) is 4.39 Å². The zero-order valence-corrected chi connectivity index (χ0v) is 20.9. The van der Waals surface area contributed by atoms with Crippen LogP contribution in [0, 0.1) is 6.92 Å². The SMILES string of the molecule is CCCCCC1(F)CN(S(=O)(=O)c2ccc(C)cc2)CC(c2ccccc2)(c2ccccc2)C1. The Balaban J connectivity index is 1.86. The van der Waals surface area contributed by atoms with Gasteiger partial charge in [0.15, 0.2) is 0 Å². The molecule has 0 amide bonds. The fourth-order valence-corrected chi connectivity index (χ4v) is 6.85. The first-order valence-corrected chi connectivity index (χ1v) is 13.6. The maximum Gasteiger partial charge on any atom is 0.243 e. The molecule has 0 bridgehead atoms. The molecule has 0 radical (unpaired) electrons. The molecular formula is C29H34FNO2S. The van der Waals surface area contributed by atoms with Gasteiger partial charge in [-0.25, -0.2) is 12.8 Å². The summed E-state index contributed by atoms with van der Waals surface area (Å²) in [5, 5.41) is 0. The average molecular weight is 480 g/mol. The summed E-state index contributed by atoms with van der Waals surface area (Å²) >= 11 is 0. The van der Waals surface area contributed by atoms with E-state index in [0.29, 0.717) is 6.42 Å². The van der Waals surface area contributed by atoms with Crippen molar-refractivity contribution >= 4 is 10.0 Å². The van der Waals surface area contributed by atoms with E-state index in [-0.39, 0.29) is 24.4 Å². The van der Waals surface area contributed by atoms with Crippen LogP contribution in [-0.4, -0.2) is 31.5 Å². The number of nitrogens with zero attached hydrogens (tertiary/aromatic N) is 1. The molecule has 1 atom stereocenters. The largest absolute Gasteiger partial charge is 0.243 e. The van der Waals surface area contributed by atoms with Crippen LogP contribution in [0.5, 0.6) is 0 Å². The third-order valence-electron chi connectivity index (χ3n) is 7.06. The van der Waals surface area contributed by atoms with E-state index in [1.165, 1.54) is 4.31 Å². The molecule has 180 valence electrons. The lowest BCUT2D eigenvalue weighted by Crippen LogP contribution is -2.58. The molecule has 1 aliphatic rings. The van der Waals surface area contributed by atoms with Gasteiger partial charge in [0.25, 0.3) is 0 Å². The van der Waals surface area contributed by atoms with Crippen LogP contribution in [0.3, 0.4) is 0 Å².